The van der Waals surface area contributed by atoms with E-state index in [0.717, 1.165) is 24.9 Å². The van der Waals surface area contributed by atoms with Gasteiger partial charge in [-0.1, -0.05) is 73.5 Å². The first kappa shape index (κ1) is 23.2. The highest BCUT2D eigenvalue weighted by Gasteiger charge is 2.26. The maximum absolute atomic E-state index is 12.8. The molecule has 1 amide bonds. The fourth-order valence-electron chi connectivity index (χ4n) is 4.13. The number of amides is 1. The van der Waals surface area contributed by atoms with Crippen LogP contribution < -0.4 is 16.0 Å². The Morgan fingerprint density at radius 2 is 1.58 bits per heavy atom. The van der Waals surface area contributed by atoms with Crippen LogP contribution >= 0.6 is 12.2 Å². The second-order valence-electron chi connectivity index (χ2n) is 8.38. The summed E-state index contributed by atoms with van der Waals surface area (Å²) in [4.78, 5) is 14.5. The third-order valence-electron chi connectivity index (χ3n) is 5.85. The first-order chi connectivity index (χ1) is 15.0. The molecule has 0 aliphatic heterocycles. The van der Waals surface area contributed by atoms with E-state index >= 15 is 0 Å². The fourth-order valence-corrected chi connectivity index (χ4v) is 4.46. The molecular weight excluding hydrogens is 404 g/mol. The van der Waals surface area contributed by atoms with Gasteiger partial charge in [0.1, 0.15) is 6.04 Å². The molecule has 0 bridgehead atoms. The van der Waals surface area contributed by atoms with Crippen molar-refractivity contribution in [2.45, 2.75) is 63.8 Å². The Balaban J connectivity index is 1.47. The highest BCUT2D eigenvalue weighted by atomic mass is 32.1. The number of nitrogens with one attached hydrogen (secondary N) is 3. The quantitative estimate of drug-likeness (QED) is 0.550. The highest BCUT2D eigenvalue weighted by molar-refractivity contribution is 7.80. The van der Waals surface area contributed by atoms with Gasteiger partial charge < -0.3 is 20.9 Å². The van der Waals surface area contributed by atoms with Crippen LogP contribution in [0.1, 0.15) is 43.7 Å². The van der Waals surface area contributed by atoms with E-state index in [9.17, 15) is 4.79 Å². The Kier molecular flexibility index (Phi) is 8.85. The second kappa shape index (κ2) is 11.8. The third-order valence-corrected chi connectivity index (χ3v) is 6.09. The standard InChI is InChI=1S/C25H34N4OS/c1-19(24(30)29(2)18-21-13-7-4-8-14-21)27-25(31)28-23-16-10-9-15-22(23)26-17-20-11-5-3-6-12-20/h3-8,11-14,19,22-23,26H,9-10,15-18H2,1-2H3,(H2,27,28,31)/t19?,22-,23-/m1/s1. The van der Waals surface area contributed by atoms with E-state index in [-0.39, 0.29) is 18.0 Å². The largest absolute Gasteiger partial charge is 0.358 e. The number of rotatable bonds is 8. The molecule has 0 saturated heterocycles. The van der Waals surface area contributed by atoms with Gasteiger partial charge in [0.2, 0.25) is 5.91 Å². The molecule has 5 nitrogen and oxygen atoms in total. The minimum Gasteiger partial charge on any atom is -0.358 e. The molecule has 3 rings (SSSR count). The summed E-state index contributed by atoms with van der Waals surface area (Å²) in [5.74, 6) is 0.0235. The zero-order chi connectivity index (χ0) is 22.1. The molecule has 0 radical (unpaired) electrons. The second-order valence-corrected chi connectivity index (χ2v) is 8.79. The molecule has 2 aromatic rings. The van der Waals surface area contributed by atoms with E-state index in [0.29, 0.717) is 17.7 Å². The summed E-state index contributed by atoms with van der Waals surface area (Å²) in [5.41, 5.74) is 2.40. The van der Waals surface area contributed by atoms with Crippen LogP contribution in [-0.4, -0.2) is 41.1 Å². The van der Waals surface area contributed by atoms with Gasteiger partial charge in [0.25, 0.3) is 0 Å². The van der Waals surface area contributed by atoms with Crippen LogP contribution in [0.3, 0.4) is 0 Å². The predicted octanol–water partition coefficient (Wildman–Crippen LogP) is 3.60. The zero-order valence-electron chi connectivity index (χ0n) is 18.5. The monoisotopic (exact) mass is 438 g/mol. The molecule has 1 aliphatic rings. The fraction of sp³-hybridized carbons (Fsp3) is 0.440. The Hall–Kier alpha value is -2.44. The summed E-state index contributed by atoms with van der Waals surface area (Å²) in [6.45, 7) is 3.30. The van der Waals surface area contributed by atoms with Gasteiger partial charge in [-0.3, -0.25) is 4.79 Å². The Morgan fingerprint density at radius 1 is 1.00 bits per heavy atom. The molecule has 1 saturated carbocycles. The van der Waals surface area contributed by atoms with Crippen molar-refractivity contribution in [1.29, 1.82) is 0 Å². The van der Waals surface area contributed by atoms with Crippen LogP contribution in [0.25, 0.3) is 0 Å². The summed E-state index contributed by atoms with van der Waals surface area (Å²) in [7, 11) is 1.83. The molecular formula is C25H34N4OS. The number of likely N-dealkylation sites (N-methyl/N-ethyl adjacent to an activating group) is 1. The molecule has 1 unspecified atom stereocenters. The number of benzene rings is 2. The summed E-state index contributed by atoms with van der Waals surface area (Å²) < 4.78 is 0. The smallest absolute Gasteiger partial charge is 0.244 e. The Labute approximate surface area is 191 Å². The SMILES string of the molecule is CC(NC(=S)N[C@@H]1CCCC[C@H]1NCc1ccccc1)C(=O)N(C)Cc1ccccc1. The Bertz CT molecular complexity index is 830. The summed E-state index contributed by atoms with van der Waals surface area (Å²) in [5, 5.41) is 10.9. The maximum atomic E-state index is 12.8. The van der Waals surface area contributed by atoms with E-state index < -0.39 is 0 Å². The number of hydrogen-bond donors (Lipinski definition) is 3. The van der Waals surface area contributed by atoms with Crippen molar-refractivity contribution >= 4 is 23.2 Å². The Morgan fingerprint density at radius 3 is 2.23 bits per heavy atom. The number of carbonyl (C=O) groups is 1. The van der Waals surface area contributed by atoms with Crippen molar-refractivity contribution in [3.63, 3.8) is 0 Å². The number of nitrogens with zero attached hydrogens (tertiary/aromatic N) is 1. The van der Waals surface area contributed by atoms with Crippen LogP contribution in [0.4, 0.5) is 0 Å². The molecule has 1 fully saturated rings. The van der Waals surface area contributed by atoms with Gasteiger partial charge in [0.15, 0.2) is 5.11 Å². The molecule has 3 N–H and O–H groups in total. The lowest BCUT2D eigenvalue weighted by Gasteiger charge is -2.34. The average Bonchev–Trinajstić information content (AvgIpc) is 2.79. The number of thiocarbonyl (C=S) groups is 1. The molecule has 0 spiro atoms. The van der Waals surface area contributed by atoms with E-state index in [4.69, 9.17) is 12.2 Å². The summed E-state index contributed by atoms with van der Waals surface area (Å²) in [6, 6.07) is 20.7. The van der Waals surface area contributed by atoms with Gasteiger partial charge in [0.05, 0.1) is 0 Å². The van der Waals surface area contributed by atoms with Crippen LogP contribution in [0.15, 0.2) is 60.7 Å². The van der Waals surface area contributed by atoms with Crippen molar-refractivity contribution < 1.29 is 4.79 Å². The van der Waals surface area contributed by atoms with E-state index in [2.05, 4.69) is 40.2 Å². The molecule has 31 heavy (non-hydrogen) atoms. The van der Waals surface area contributed by atoms with Gasteiger partial charge in [-0.05, 0) is 43.1 Å². The molecule has 3 atom stereocenters. The highest BCUT2D eigenvalue weighted by Crippen LogP contribution is 2.19. The molecule has 6 heteroatoms. The van der Waals surface area contributed by atoms with Gasteiger partial charge in [0, 0.05) is 32.2 Å². The third kappa shape index (κ3) is 7.33. The number of carbonyl (C=O) groups excluding carboxylic acids is 1. The van der Waals surface area contributed by atoms with Crippen molar-refractivity contribution in [2.24, 2.45) is 0 Å². The van der Waals surface area contributed by atoms with Crippen molar-refractivity contribution in [1.82, 2.24) is 20.9 Å². The van der Waals surface area contributed by atoms with Crippen LogP contribution in [0.5, 0.6) is 0 Å². The van der Waals surface area contributed by atoms with Gasteiger partial charge >= 0.3 is 0 Å². The van der Waals surface area contributed by atoms with Gasteiger partial charge in [-0.15, -0.1) is 0 Å². The first-order valence-corrected chi connectivity index (χ1v) is 11.6. The topological polar surface area (TPSA) is 56.4 Å². The van der Waals surface area contributed by atoms with E-state index in [1.54, 1.807) is 4.90 Å². The van der Waals surface area contributed by atoms with Crippen molar-refractivity contribution in [2.75, 3.05) is 7.05 Å². The lowest BCUT2D eigenvalue weighted by Crippen LogP contribution is -2.56. The molecule has 166 valence electrons. The molecule has 0 heterocycles. The first-order valence-electron chi connectivity index (χ1n) is 11.2. The lowest BCUT2D eigenvalue weighted by molar-refractivity contribution is -0.131. The lowest BCUT2D eigenvalue weighted by atomic mass is 9.90. The average molecular weight is 439 g/mol. The zero-order valence-corrected chi connectivity index (χ0v) is 19.3. The molecule has 1 aliphatic carbocycles. The predicted molar refractivity (Wildman–Crippen MR) is 131 cm³/mol. The van der Waals surface area contributed by atoms with E-state index in [1.807, 2.05) is 50.4 Å². The van der Waals surface area contributed by atoms with Crippen LogP contribution in [0, 0.1) is 0 Å². The molecule has 0 aromatic heterocycles. The van der Waals surface area contributed by atoms with Gasteiger partial charge in [-0.25, -0.2) is 0 Å². The minimum atomic E-state index is -0.381. The molecule has 2 aromatic carbocycles. The van der Waals surface area contributed by atoms with Crippen LogP contribution in [-0.2, 0) is 17.9 Å². The summed E-state index contributed by atoms with van der Waals surface area (Å²) in [6.07, 6.45) is 4.62. The number of hydrogen-bond acceptors (Lipinski definition) is 3. The normalized spacial score (nSPS) is 19.3. The van der Waals surface area contributed by atoms with Gasteiger partial charge in [-0.2, -0.15) is 0 Å². The van der Waals surface area contributed by atoms with Crippen molar-refractivity contribution in [3.8, 4) is 0 Å². The van der Waals surface area contributed by atoms with Crippen molar-refractivity contribution in [3.05, 3.63) is 71.8 Å². The van der Waals surface area contributed by atoms with Crippen LogP contribution in [0.2, 0.25) is 0 Å². The summed E-state index contributed by atoms with van der Waals surface area (Å²) >= 11 is 5.56. The van der Waals surface area contributed by atoms with E-state index in [1.165, 1.54) is 18.4 Å². The minimum absolute atomic E-state index is 0.0235. The maximum Gasteiger partial charge on any atom is 0.244 e.